The molecule has 5 rings (SSSR count). The lowest BCUT2D eigenvalue weighted by atomic mass is 9.46. The van der Waals surface area contributed by atoms with Crippen LogP contribution in [0.2, 0.25) is 0 Å². The standard InChI is InChI=1S/C21H25IO/c1-19-7-5-13(23)11-17(19)21(9-10-21)12-14-15-3-4-18(22)20(15,2)8-6-16(14)19/h4-5,7,11,14-16H,3,6,8-10,12H2,1-2H3/t14-,15?,16-,19+,20-/m0/s1. The lowest BCUT2D eigenvalue weighted by Gasteiger charge is -2.58. The largest absolute Gasteiger partial charge is 0.290 e. The number of allylic oxidation sites excluding steroid dienone is 6. The summed E-state index contributed by atoms with van der Waals surface area (Å²) in [6, 6.07) is 0. The van der Waals surface area contributed by atoms with Gasteiger partial charge in [0.15, 0.2) is 5.78 Å². The number of hydrogen-bond donors (Lipinski definition) is 0. The summed E-state index contributed by atoms with van der Waals surface area (Å²) in [6.07, 6.45) is 16.6. The second kappa shape index (κ2) is 4.42. The molecule has 3 fully saturated rings. The average molecular weight is 420 g/mol. The van der Waals surface area contributed by atoms with E-state index in [9.17, 15) is 4.79 Å². The number of fused-ring (bicyclic) bond motifs is 6. The molecular formula is C21H25IO. The third kappa shape index (κ3) is 1.77. The molecule has 5 aliphatic carbocycles. The van der Waals surface area contributed by atoms with E-state index in [-0.39, 0.29) is 11.2 Å². The summed E-state index contributed by atoms with van der Waals surface area (Å²) in [5, 5.41) is 0. The van der Waals surface area contributed by atoms with Crippen LogP contribution >= 0.6 is 22.6 Å². The van der Waals surface area contributed by atoms with Crippen molar-refractivity contribution in [1.29, 1.82) is 0 Å². The van der Waals surface area contributed by atoms with E-state index >= 15 is 0 Å². The molecule has 0 saturated heterocycles. The maximum Gasteiger partial charge on any atom is 0.178 e. The molecule has 0 bridgehead atoms. The quantitative estimate of drug-likeness (QED) is 0.466. The Labute approximate surface area is 152 Å². The second-order valence-corrected chi connectivity index (χ2v) is 10.3. The molecule has 1 nitrogen and oxygen atoms in total. The molecule has 0 N–H and O–H groups in total. The number of carbonyl (C=O) groups is 1. The minimum Gasteiger partial charge on any atom is -0.290 e. The third-order valence-corrected chi connectivity index (χ3v) is 9.88. The second-order valence-electron chi connectivity index (χ2n) is 9.18. The van der Waals surface area contributed by atoms with Crippen molar-refractivity contribution >= 4 is 28.4 Å². The van der Waals surface area contributed by atoms with Gasteiger partial charge < -0.3 is 0 Å². The zero-order valence-corrected chi connectivity index (χ0v) is 16.2. The fourth-order valence-electron chi connectivity index (χ4n) is 6.76. The lowest BCUT2D eigenvalue weighted by Crippen LogP contribution is -2.51. The average Bonchev–Trinajstić information content (AvgIpc) is 3.21. The minimum atomic E-state index is 0.142. The molecule has 1 spiro atoms. The summed E-state index contributed by atoms with van der Waals surface area (Å²) in [4.78, 5) is 12.0. The maximum atomic E-state index is 12.0. The molecule has 5 atom stereocenters. The number of halogens is 1. The van der Waals surface area contributed by atoms with Crippen LogP contribution in [0.15, 0.2) is 33.5 Å². The van der Waals surface area contributed by atoms with E-state index in [0.29, 0.717) is 10.8 Å². The van der Waals surface area contributed by atoms with E-state index in [2.05, 4.69) is 48.6 Å². The van der Waals surface area contributed by atoms with E-state index in [0.717, 1.165) is 17.8 Å². The zero-order chi connectivity index (χ0) is 16.0. The zero-order valence-electron chi connectivity index (χ0n) is 14.1. The first-order valence-electron chi connectivity index (χ1n) is 9.21. The van der Waals surface area contributed by atoms with Crippen LogP contribution in [0.25, 0.3) is 0 Å². The fraction of sp³-hybridized carbons (Fsp3) is 0.667. The Morgan fingerprint density at radius 2 is 1.96 bits per heavy atom. The highest BCUT2D eigenvalue weighted by molar-refractivity contribution is 14.1. The molecule has 0 aromatic rings. The molecule has 0 aromatic heterocycles. The molecule has 0 heterocycles. The minimum absolute atomic E-state index is 0.142. The van der Waals surface area contributed by atoms with E-state index in [1.807, 2.05) is 12.2 Å². The molecule has 5 aliphatic rings. The van der Waals surface area contributed by atoms with Gasteiger partial charge in [-0.25, -0.2) is 0 Å². The molecule has 0 radical (unpaired) electrons. The van der Waals surface area contributed by atoms with Crippen molar-refractivity contribution in [3.05, 3.63) is 33.5 Å². The molecule has 1 unspecified atom stereocenters. The maximum absolute atomic E-state index is 12.0. The monoisotopic (exact) mass is 420 g/mol. The van der Waals surface area contributed by atoms with E-state index in [4.69, 9.17) is 0 Å². The third-order valence-electron chi connectivity index (χ3n) is 8.21. The molecule has 23 heavy (non-hydrogen) atoms. The SMILES string of the molecule is C[C@]12C=CC(=O)C=C1C1(CC1)C[C@H]1C3CC=C(I)[C@@]3(C)CC[C@@H]12. The summed E-state index contributed by atoms with van der Waals surface area (Å²) in [6.45, 7) is 4.96. The van der Waals surface area contributed by atoms with Crippen LogP contribution in [0.5, 0.6) is 0 Å². The Hall–Kier alpha value is -0.380. The van der Waals surface area contributed by atoms with Crippen molar-refractivity contribution in [1.82, 2.24) is 0 Å². The van der Waals surface area contributed by atoms with Crippen LogP contribution in [0.4, 0.5) is 0 Å². The fourth-order valence-corrected chi connectivity index (χ4v) is 7.68. The first-order chi connectivity index (χ1) is 10.9. The van der Waals surface area contributed by atoms with Gasteiger partial charge in [0.05, 0.1) is 0 Å². The predicted molar refractivity (Wildman–Crippen MR) is 101 cm³/mol. The highest BCUT2D eigenvalue weighted by Crippen LogP contribution is 2.73. The normalized spacial score (nSPS) is 49.2. The summed E-state index contributed by atoms with van der Waals surface area (Å²) < 4.78 is 1.62. The molecule has 122 valence electrons. The van der Waals surface area contributed by atoms with Crippen LogP contribution in [0.1, 0.15) is 52.4 Å². The van der Waals surface area contributed by atoms with Crippen LogP contribution in [-0.4, -0.2) is 5.78 Å². The number of hydrogen-bond acceptors (Lipinski definition) is 1. The van der Waals surface area contributed by atoms with Crippen LogP contribution < -0.4 is 0 Å². The van der Waals surface area contributed by atoms with Crippen molar-refractivity contribution in [2.45, 2.75) is 52.4 Å². The van der Waals surface area contributed by atoms with Gasteiger partial charge in [0, 0.05) is 10.8 Å². The van der Waals surface area contributed by atoms with Crippen LogP contribution in [0, 0.1) is 34.0 Å². The van der Waals surface area contributed by atoms with Gasteiger partial charge in [-0.3, -0.25) is 4.79 Å². The summed E-state index contributed by atoms with van der Waals surface area (Å²) in [5.74, 6) is 2.62. The van der Waals surface area contributed by atoms with E-state index in [1.54, 1.807) is 3.58 Å². The van der Waals surface area contributed by atoms with Crippen molar-refractivity contribution < 1.29 is 4.79 Å². The lowest BCUT2D eigenvalue weighted by molar-refractivity contribution is -0.111. The number of carbonyl (C=O) groups excluding carboxylic acids is 1. The Morgan fingerprint density at radius 3 is 2.70 bits per heavy atom. The van der Waals surface area contributed by atoms with Crippen molar-refractivity contribution in [3.8, 4) is 0 Å². The highest BCUT2D eigenvalue weighted by atomic mass is 127. The molecule has 0 amide bonds. The Morgan fingerprint density at radius 1 is 1.17 bits per heavy atom. The van der Waals surface area contributed by atoms with Gasteiger partial charge >= 0.3 is 0 Å². The van der Waals surface area contributed by atoms with Gasteiger partial charge in [0.25, 0.3) is 0 Å². The summed E-state index contributed by atoms with van der Waals surface area (Å²) in [5.41, 5.74) is 2.46. The molecule has 0 aromatic carbocycles. The van der Waals surface area contributed by atoms with Gasteiger partial charge in [0.2, 0.25) is 0 Å². The number of ketones is 1. The molecule has 3 saturated carbocycles. The Bertz CT molecular complexity index is 695. The van der Waals surface area contributed by atoms with Gasteiger partial charge in [-0.05, 0) is 100 Å². The van der Waals surface area contributed by atoms with Crippen molar-refractivity contribution in [2.24, 2.45) is 34.0 Å². The number of rotatable bonds is 0. The Kier molecular flexibility index (Phi) is 2.87. The van der Waals surface area contributed by atoms with Gasteiger partial charge in [-0.15, -0.1) is 0 Å². The van der Waals surface area contributed by atoms with Crippen LogP contribution in [-0.2, 0) is 4.79 Å². The smallest absolute Gasteiger partial charge is 0.178 e. The first-order valence-corrected chi connectivity index (χ1v) is 10.3. The van der Waals surface area contributed by atoms with E-state index in [1.165, 1.54) is 44.1 Å². The van der Waals surface area contributed by atoms with Crippen LogP contribution in [0.3, 0.4) is 0 Å². The van der Waals surface area contributed by atoms with E-state index < -0.39 is 0 Å². The van der Waals surface area contributed by atoms with Gasteiger partial charge in [-0.1, -0.05) is 31.6 Å². The highest BCUT2D eigenvalue weighted by Gasteiger charge is 2.64. The molecule has 2 heteroatoms. The van der Waals surface area contributed by atoms with Gasteiger partial charge in [0.1, 0.15) is 0 Å². The molecular weight excluding hydrogens is 395 g/mol. The Balaban J connectivity index is 1.60. The van der Waals surface area contributed by atoms with Crippen molar-refractivity contribution in [3.63, 3.8) is 0 Å². The van der Waals surface area contributed by atoms with Crippen molar-refractivity contribution in [2.75, 3.05) is 0 Å². The summed E-state index contributed by atoms with van der Waals surface area (Å²) >= 11 is 2.61. The first kappa shape index (κ1) is 14.9. The van der Waals surface area contributed by atoms with Gasteiger partial charge in [-0.2, -0.15) is 0 Å². The summed E-state index contributed by atoms with van der Waals surface area (Å²) in [7, 11) is 0. The predicted octanol–water partition coefficient (Wildman–Crippen LogP) is 5.61. The molecule has 0 aliphatic heterocycles. The topological polar surface area (TPSA) is 17.1 Å².